The summed E-state index contributed by atoms with van der Waals surface area (Å²) in [5.41, 5.74) is 0.935. The van der Waals surface area contributed by atoms with Crippen LogP contribution < -0.4 is 10.5 Å². The van der Waals surface area contributed by atoms with Crippen LogP contribution in [0, 0.1) is 4.78 Å². The molecule has 1 unspecified atom stereocenters. The monoisotopic (exact) mass is 239 g/mol. The van der Waals surface area contributed by atoms with Crippen molar-refractivity contribution < 1.29 is 4.21 Å². The Bertz CT molecular complexity index is 464. The van der Waals surface area contributed by atoms with Crippen LogP contribution in [0.4, 0.5) is 0 Å². The maximum Gasteiger partial charge on any atom is 0.132 e. The van der Waals surface area contributed by atoms with Crippen molar-refractivity contribution in [3.63, 3.8) is 0 Å². The Morgan fingerprint density at radius 3 is 2.88 bits per heavy atom. The molecule has 0 radical (unpaired) electrons. The maximum atomic E-state index is 11.6. The fourth-order valence-electron chi connectivity index (χ4n) is 2.16. The first-order chi connectivity index (χ1) is 7.57. The van der Waals surface area contributed by atoms with E-state index >= 15 is 0 Å². The molecule has 88 valence electrons. The average Bonchev–Trinajstić information content (AvgIpc) is 2.70. The summed E-state index contributed by atoms with van der Waals surface area (Å²) in [6.45, 7) is 1.05. The topological polar surface area (TPSA) is 79.0 Å². The summed E-state index contributed by atoms with van der Waals surface area (Å²) in [5.74, 6) is 0. The lowest BCUT2D eigenvalue weighted by molar-refractivity contribution is 0.597. The molecule has 1 aliphatic rings. The lowest BCUT2D eigenvalue weighted by Crippen LogP contribution is -2.25. The highest BCUT2D eigenvalue weighted by Crippen LogP contribution is 2.18. The first-order valence-corrected chi connectivity index (χ1v) is 7.07. The van der Waals surface area contributed by atoms with Gasteiger partial charge in [-0.15, -0.1) is 0 Å². The van der Waals surface area contributed by atoms with Crippen LogP contribution in [0.25, 0.3) is 0 Å². The van der Waals surface area contributed by atoms with Crippen LogP contribution in [0.15, 0.2) is 29.2 Å². The van der Waals surface area contributed by atoms with Crippen molar-refractivity contribution in [1.29, 1.82) is 4.78 Å². The fourth-order valence-corrected chi connectivity index (χ4v) is 2.99. The normalized spacial score (nSPS) is 24.2. The van der Waals surface area contributed by atoms with Gasteiger partial charge in [-0.05, 0) is 37.4 Å². The van der Waals surface area contributed by atoms with E-state index in [4.69, 9.17) is 9.92 Å². The molecule has 4 nitrogen and oxygen atoms in total. The standard InChI is InChI=1S/C11H17N3OS/c12-16(13,15)11-6-2-1-4-9(11)8-10-5-3-7-14-10/h1-2,4,6,10,14H,3,5,7-8H2,(H3,12,13,15)/t10-/m1/s1. The lowest BCUT2D eigenvalue weighted by atomic mass is 10.0. The second kappa shape index (κ2) is 4.53. The van der Waals surface area contributed by atoms with Crippen molar-refractivity contribution >= 4 is 9.92 Å². The SMILES string of the molecule is N=S(N)(=O)c1ccccc1C[C@H]1CCCN1. The predicted octanol–water partition coefficient (Wildman–Crippen LogP) is 1.26. The van der Waals surface area contributed by atoms with Gasteiger partial charge in [0.2, 0.25) is 0 Å². The number of rotatable bonds is 3. The molecule has 2 rings (SSSR count). The highest BCUT2D eigenvalue weighted by atomic mass is 32.2. The van der Waals surface area contributed by atoms with E-state index in [1.54, 1.807) is 12.1 Å². The molecule has 0 aromatic heterocycles. The van der Waals surface area contributed by atoms with E-state index in [0.717, 1.165) is 24.9 Å². The molecule has 0 spiro atoms. The Labute approximate surface area is 96.3 Å². The zero-order valence-corrected chi connectivity index (χ0v) is 9.93. The van der Waals surface area contributed by atoms with Gasteiger partial charge in [0.1, 0.15) is 9.92 Å². The number of benzene rings is 1. The van der Waals surface area contributed by atoms with Crippen molar-refractivity contribution in [1.82, 2.24) is 5.32 Å². The van der Waals surface area contributed by atoms with Gasteiger partial charge in [0.15, 0.2) is 0 Å². The van der Waals surface area contributed by atoms with Crippen molar-refractivity contribution in [2.45, 2.75) is 30.2 Å². The van der Waals surface area contributed by atoms with Crippen LogP contribution in [0.5, 0.6) is 0 Å². The summed E-state index contributed by atoms with van der Waals surface area (Å²) in [7, 11) is -3.10. The maximum absolute atomic E-state index is 11.6. The molecule has 1 saturated heterocycles. The molecule has 0 saturated carbocycles. The second-order valence-corrected chi connectivity index (χ2v) is 5.85. The fraction of sp³-hybridized carbons (Fsp3) is 0.455. The third kappa shape index (κ3) is 2.61. The van der Waals surface area contributed by atoms with Crippen LogP contribution in [0.1, 0.15) is 18.4 Å². The molecule has 5 heteroatoms. The first kappa shape index (κ1) is 11.6. The number of hydrogen-bond acceptors (Lipinski definition) is 3. The highest BCUT2D eigenvalue weighted by molar-refractivity contribution is 7.90. The van der Waals surface area contributed by atoms with Crippen LogP contribution in [0.2, 0.25) is 0 Å². The molecule has 0 aliphatic carbocycles. The second-order valence-electron chi connectivity index (χ2n) is 4.21. The number of nitrogens with two attached hydrogens (primary N) is 1. The van der Waals surface area contributed by atoms with E-state index in [0.29, 0.717) is 10.9 Å². The van der Waals surface area contributed by atoms with Gasteiger partial charge in [-0.25, -0.2) is 14.1 Å². The van der Waals surface area contributed by atoms with E-state index in [9.17, 15) is 4.21 Å². The van der Waals surface area contributed by atoms with Gasteiger partial charge in [0, 0.05) is 6.04 Å². The van der Waals surface area contributed by atoms with Gasteiger partial charge in [-0.2, -0.15) is 0 Å². The molecule has 1 aromatic carbocycles. The van der Waals surface area contributed by atoms with Gasteiger partial charge in [-0.3, -0.25) is 0 Å². The van der Waals surface area contributed by atoms with E-state index in [1.165, 1.54) is 6.42 Å². The Kier molecular flexibility index (Phi) is 3.28. The first-order valence-electron chi connectivity index (χ1n) is 5.45. The van der Waals surface area contributed by atoms with Crippen molar-refractivity contribution in [2.75, 3.05) is 6.54 Å². The molecular weight excluding hydrogens is 222 g/mol. The zero-order valence-electron chi connectivity index (χ0n) is 9.11. The van der Waals surface area contributed by atoms with Gasteiger partial charge in [-0.1, -0.05) is 18.2 Å². The molecule has 1 fully saturated rings. The van der Waals surface area contributed by atoms with Crippen molar-refractivity contribution in [3.8, 4) is 0 Å². The molecule has 0 amide bonds. The van der Waals surface area contributed by atoms with Gasteiger partial charge >= 0.3 is 0 Å². The number of hydrogen-bond donors (Lipinski definition) is 3. The molecule has 1 aliphatic heterocycles. The molecule has 2 atom stereocenters. The lowest BCUT2D eigenvalue weighted by Gasteiger charge is -2.13. The Morgan fingerprint density at radius 2 is 2.25 bits per heavy atom. The molecule has 0 bridgehead atoms. The van der Waals surface area contributed by atoms with Gasteiger partial charge in [0.05, 0.1) is 4.90 Å². The zero-order chi connectivity index (χ0) is 11.6. The molecule has 16 heavy (non-hydrogen) atoms. The van der Waals surface area contributed by atoms with Crippen molar-refractivity contribution in [2.24, 2.45) is 5.14 Å². The Morgan fingerprint density at radius 1 is 1.50 bits per heavy atom. The quantitative estimate of drug-likeness (QED) is 0.742. The summed E-state index contributed by atoms with van der Waals surface area (Å²) in [6, 6.07) is 7.72. The van der Waals surface area contributed by atoms with Crippen LogP contribution in [-0.4, -0.2) is 16.8 Å². The van der Waals surface area contributed by atoms with E-state index in [1.807, 2.05) is 12.1 Å². The number of nitrogens with one attached hydrogen (secondary N) is 2. The minimum atomic E-state index is -3.10. The van der Waals surface area contributed by atoms with Crippen LogP contribution >= 0.6 is 0 Å². The van der Waals surface area contributed by atoms with E-state index < -0.39 is 9.92 Å². The Hall–Kier alpha value is -0.910. The average molecular weight is 239 g/mol. The van der Waals surface area contributed by atoms with Crippen LogP contribution in [-0.2, 0) is 16.3 Å². The summed E-state index contributed by atoms with van der Waals surface area (Å²) >= 11 is 0. The summed E-state index contributed by atoms with van der Waals surface area (Å²) in [4.78, 5) is 0.476. The smallest absolute Gasteiger partial charge is 0.132 e. The molecule has 1 aromatic rings. The summed E-state index contributed by atoms with van der Waals surface area (Å²) in [5, 5.41) is 8.79. The van der Waals surface area contributed by atoms with E-state index in [-0.39, 0.29) is 0 Å². The van der Waals surface area contributed by atoms with Crippen LogP contribution in [0.3, 0.4) is 0 Å². The predicted molar refractivity (Wildman–Crippen MR) is 64.5 cm³/mol. The minimum absolute atomic E-state index is 0.433. The molecular formula is C11H17N3OS. The highest BCUT2D eigenvalue weighted by Gasteiger charge is 2.17. The summed E-state index contributed by atoms with van der Waals surface area (Å²) < 4.78 is 19.1. The minimum Gasteiger partial charge on any atom is -0.314 e. The largest absolute Gasteiger partial charge is 0.314 e. The molecule has 1 heterocycles. The summed E-state index contributed by atoms with van der Waals surface area (Å²) in [6.07, 6.45) is 3.13. The Balaban J connectivity index is 2.26. The van der Waals surface area contributed by atoms with E-state index in [2.05, 4.69) is 5.32 Å². The molecule has 4 N–H and O–H groups in total. The van der Waals surface area contributed by atoms with Gasteiger partial charge in [0.25, 0.3) is 0 Å². The van der Waals surface area contributed by atoms with Gasteiger partial charge < -0.3 is 5.32 Å². The van der Waals surface area contributed by atoms with Crippen molar-refractivity contribution in [3.05, 3.63) is 29.8 Å². The third-order valence-electron chi connectivity index (χ3n) is 2.93. The third-order valence-corrected chi connectivity index (χ3v) is 3.98.